The number of carbonyl (C=O) groups excluding carboxylic acids is 1. The normalized spacial score (nSPS) is 11.0. The lowest BCUT2D eigenvalue weighted by Crippen LogP contribution is -2.24. The van der Waals surface area contributed by atoms with E-state index in [1.807, 2.05) is 37.3 Å². The zero-order valence-corrected chi connectivity index (χ0v) is 17.5. The standard InChI is InChI=1S/C20H18N4O3S2/c1-12-22-18-19(29-12)17(13-5-7-14(26-2)8-6-13)23-24-20(18)28-11-16(25)21-10-15-4-3-9-27-15/h3-9H,10-11H2,1-2H3,(H,21,25). The first-order valence-electron chi connectivity index (χ1n) is 8.84. The van der Waals surface area contributed by atoms with Crippen LogP contribution in [0.4, 0.5) is 0 Å². The molecule has 0 unspecified atom stereocenters. The van der Waals surface area contributed by atoms with Gasteiger partial charge in [0.2, 0.25) is 5.91 Å². The van der Waals surface area contributed by atoms with Crippen molar-refractivity contribution >= 4 is 39.2 Å². The number of aryl methyl sites for hydroxylation is 1. The molecular weight excluding hydrogens is 408 g/mol. The van der Waals surface area contributed by atoms with Crippen LogP contribution in [0.15, 0.2) is 52.1 Å². The van der Waals surface area contributed by atoms with Gasteiger partial charge in [-0.1, -0.05) is 11.8 Å². The fourth-order valence-corrected chi connectivity index (χ4v) is 4.48. The van der Waals surface area contributed by atoms with Crippen molar-refractivity contribution in [2.75, 3.05) is 12.9 Å². The molecule has 0 saturated carbocycles. The van der Waals surface area contributed by atoms with Gasteiger partial charge in [0, 0.05) is 5.56 Å². The van der Waals surface area contributed by atoms with Crippen LogP contribution in [0.1, 0.15) is 10.8 Å². The van der Waals surface area contributed by atoms with Crippen LogP contribution in [-0.4, -0.2) is 34.0 Å². The number of rotatable bonds is 7. The minimum absolute atomic E-state index is 0.104. The van der Waals surface area contributed by atoms with Crippen LogP contribution in [0.25, 0.3) is 21.5 Å². The Kier molecular flexibility index (Phi) is 5.77. The van der Waals surface area contributed by atoms with Crippen LogP contribution >= 0.6 is 23.1 Å². The van der Waals surface area contributed by atoms with Crippen LogP contribution in [0.2, 0.25) is 0 Å². The van der Waals surface area contributed by atoms with E-state index >= 15 is 0 Å². The van der Waals surface area contributed by atoms with Crippen molar-refractivity contribution in [1.82, 2.24) is 20.5 Å². The molecule has 7 nitrogen and oxygen atoms in total. The maximum absolute atomic E-state index is 12.2. The number of ether oxygens (including phenoxy) is 1. The second-order valence-electron chi connectivity index (χ2n) is 6.14. The highest BCUT2D eigenvalue weighted by atomic mass is 32.2. The number of fused-ring (bicyclic) bond motifs is 1. The molecule has 0 atom stereocenters. The van der Waals surface area contributed by atoms with Gasteiger partial charge >= 0.3 is 0 Å². The third-order valence-electron chi connectivity index (χ3n) is 4.14. The van der Waals surface area contributed by atoms with Crippen molar-refractivity contribution in [3.63, 3.8) is 0 Å². The summed E-state index contributed by atoms with van der Waals surface area (Å²) in [5.41, 5.74) is 2.50. The third kappa shape index (κ3) is 4.41. The lowest BCUT2D eigenvalue weighted by atomic mass is 10.1. The molecule has 3 heterocycles. The first-order valence-corrected chi connectivity index (χ1v) is 10.6. The quantitative estimate of drug-likeness (QED) is 0.446. The fraction of sp³-hybridized carbons (Fsp3) is 0.200. The van der Waals surface area contributed by atoms with E-state index in [0.29, 0.717) is 17.3 Å². The Morgan fingerprint density at radius 2 is 2.07 bits per heavy atom. The van der Waals surface area contributed by atoms with Crippen LogP contribution in [0.3, 0.4) is 0 Å². The average molecular weight is 427 g/mol. The highest BCUT2D eigenvalue weighted by Gasteiger charge is 2.17. The van der Waals surface area contributed by atoms with Gasteiger partial charge < -0.3 is 14.5 Å². The van der Waals surface area contributed by atoms with Gasteiger partial charge in [0.25, 0.3) is 0 Å². The fourth-order valence-electron chi connectivity index (χ4n) is 2.74. The van der Waals surface area contributed by atoms with Crippen LogP contribution in [0, 0.1) is 6.92 Å². The van der Waals surface area contributed by atoms with Crippen molar-refractivity contribution in [2.24, 2.45) is 0 Å². The summed E-state index contributed by atoms with van der Waals surface area (Å²) in [7, 11) is 1.64. The number of hydrogen-bond acceptors (Lipinski definition) is 8. The van der Waals surface area contributed by atoms with E-state index in [1.54, 1.807) is 30.8 Å². The summed E-state index contributed by atoms with van der Waals surface area (Å²) in [6.07, 6.45) is 1.58. The van der Waals surface area contributed by atoms with Crippen LogP contribution in [0.5, 0.6) is 5.75 Å². The Morgan fingerprint density at radius 3 is 2.79 bits per heavy atom. The van der Waals surface area contributed by atoms with E-state index in [4.69, 9.17) is 9.15 Å². The molecule has 0 aliphatic heterocycles. The number of thiazole rings is 1. The van der Waals surface area contributed by atoms with E-state index in [9.17, 15) is 4.79 Å². The van der Waals surface area contributed by atoms with Crippen molar-refractivity contribution < 1.29 is 13.9 Å². The molecule has 29 heavy (non-hydrogen) atoms. The Balaban J connectivity index is 1.52. The molecule has 1 N–H and O–H groups in total. The van der Waals surface area contributed by atoms with E-state index < -0.39 is 0 Å². The molecule has 3 aromatic heterocycles. The Morgan fingerprint density at radius 1 is 1.24 bits per heavy atom. The summed E-state index contributed by atoms with van der Waals surface area (Å²) >= 11 is 2.90. The topological polar surface area (TPSA) is 90.1 Å². The van der Waals surface area contributed by atoms with Crippen molar-refractivity contribution in [3.05, 3.63) is 53.4 Å². The molecule has 1 aromatic carbocycles. The maximum Gasteiger partial charge on any atom is 0.230 e. The number of aromatic nitrogens is 3. The van der Waals surface area contributed by atoms with Crippen LogP contribution in [-0.2, 0) is 11.3 Å². The molecule has 4 rings (SSSR count). The minimum atomic E-state index is -0.104. The highest BCUT2D eigenvalue weighted by Crippen LogP contribution is 2.35. The second-order valence-corrected chi connectivity index (χ2v) is 8.30. The zero-order valence-electron chi connectivity index (χ0n) is 15.8. The molecule has 1 amide bonds. The number of carbonyl (C=O) groups is 1. The second kappa shape index (κ2) is 8.62. The molecule has 0 spiro atoms. The number of nitrogens with one attached hydrogen (secondary N) is 1. The molecule has 0 aliphatic carbocycles. The average Bonchev–Trinajstić information content (AvgIpc) is 3.39. The summed E-state index contributed by atoms with van der Waals surface area (Å²) in [6.45, 7) is 2.31. The molecule has 0 bridgehead atoms. The first kappa shape index (κ1) is 19.4. The number of thioether (sulfide) groups is 1. The van der Waals surface area contributed by atoms with E-state index in [0.717, 1.165) is 32.2 Å². The SMILES string of the molecule is COc1ccc(-c2nnc(SCC(=O)NCc3ccco3)c3nc(C)sc23)cc1. The number of nitrogens with zero attached hydrogens (tertiary/aromatic N) is 3. The molecule has 148 valence electrons. The molecule has 4 aromatic rings. The minimum Gasteiger partial charge on any atom is -0.497 e. The summed E-state index contributed by atoms with van der Waals surface area (Å²) in [4.78, 5) is 16.8. The Labute approximate surface area is 175 Å². The molecule has 9 heteroatoms. The molecule has 0 fully saturated rings. The molecule has 0 radical (unpaired) electrons. The summed E-state index contributed by atoms with van der Waals surface area (Å²) in [5.74, 6) is 1.62. The van der Waals surface area contributed by atoms with Gasteiger partial charge in [-0.2, -0.15) is 0 Å². The van der Waals surface area contributed by atoms with Gasteiger partial charge in [-0.15, -0.1) is 21.5 Å². The molecule has 0 aliphatic rings. The summed E-state index contributed by atoms with van der Waals surface area (Å²) < 4.78 is 11.4. The van der Waals surface area contributed by atoms with Crippen molar-refractivity contribution in [2.45, 2.75) is 18.5 Å². The smallest absolute Gasteiger partial charge is 0.230 e. The van der Waals surface area contributed by atoms with E-state index in [-0.39, 0.29) is 11.7 Å². The first-order chi connectivity index (χ1) is 14.1. The van der Waals surface area contributed by atoms with Crippen LogP contribution < -0.4 is 10.1 Å². The number of amides is 1. The number of benzene rings is 1. The third-order valence-corrected chi connectivity index (χ3v) is 6.07. The van der Waals surface area contributed by atoms with Crippen molar-refractivity contribution in [3.8, 4) is 17.0 Å². The lowest BCUT2D eigenvalue weighted by molar-refractivity contribution is -0.118. The largest absolute Gasteiger partial charge is 0.497 e. The van der Waals surface area contributed by atoms with E-state index in [2.05, 4.69) is 20.5 Å². The highest BCUT2D eigenvalue weighted by molar-refractivity contribution is 8.00. The van der Waals surface area contributed by atoms with Gasteiger partial charge in [0.1, 0.15) is 27.7 Å². The Bertz CT molecular complexity index is 1120. The van der Waals surface area contributed by atoms with Gasteiger partial charge in [-0.25, -0.2) is 4.98 Å². The monoisotopic (exact) mass is 426 g/mol. The summed E-state index contributed by atoms with van der Waals surface area (Å²) in [6, 6.07) is 11.3. The van der Waals surface area contributed by atoms with Gasteiger partial charge in [0.15, 0.2) is 0 Å². The maximum atomic E-state index is 12.2. The predicted molar refractivity (Wildman–Crippen MR) is 113 cm³/mol. The molecule has 0 saturated heterocycles. The number of hydrogen-bond donors (Lipinski definition) is 1. The molecular formula is C20H18N4O3S2. The lowest BCUT2D eigenvalue weighted by Gasteiger charge is -2.06. The number of furan rings is 1. The van der Waals surface area contributed by atoms with E-state index in [1.165, 1.54) is 11.8 Å². The van der Waals surface area contributed by atoms with Crippen molar-refractivity contribution in [1.29, 1.82) is 0 Å². The Hall–Kier alpha value is -2.91. The zero-order chi connectivity index (χ0) is 20.2. The van der Waals surface area contributed by atoms with Gasteiger partial charge in [0.05, 0.1) is 35.4 Å². The van der Waals surface area contributed by atoms with Gasteiger partial charge in [-0.3, -0.25) is 4.79 Å². The number of methoxy groups -OCH3 is 1. The predicted octanol–water partition coefficient (Wildman–Crippen LogP) is 4.07. The summed E-state index contributed by atoms with van der Waals surface area (Å²) in [5, 5.41) is 13.2. The van der Waals surface area contributed by atoms with Gasteiger partial charge in [-0.05, 0) is 43.3 Å².